The van der Waals surface area contributed by atoms with Crippen LogP contribution in [0.4, 0.5) is 0 Å². The van der Waals surface area contributed by atoms with E-state index in [1.807, 2.05) is 6.07 Å². The third kappa shape index (κ3) is 3.76. The third-order valence-electron chi connectivity index (χ3n) is 3.97. The maximum Gasteiger partial charge on any atom is 0.161 e. The average Bonchev–Trinajstić information content (AvgIpc) is 2.25. The van der Waals surface area contributed by atoms with Crippen LogP contribution in [0.5, 0.6) is 5.75 Å². The van der Waals surface area contributed by atoms with Gasteiger partial charge in [0, 0.05) is 5.56 Å². The Labute approximate surface area is 126 Å². The molecule has 2 unspecified atom stereocenters. The van der Waals surface area contributed by atoms with Crippen molar-refractivity contribution in [3.8, 4) is 5.75 Å². The van der Waals surface area contributed by atoms with Crippen LogP contribution >= 0.6 is 11.6 Å². The van der Waals surface area contributed by atoms with Crippen LogP contribution in [-0.2, 0) is 0 Å². The first kappa shape index (κ1) is 15.4. The predicted octanol–water partition coefficient (Wildman–Crippen LogP) is 5.14. The van der Waals surface area contributed by atoms with Crippen LogP contribution in [0.15, 0.2) is 18.2 Å². The second kappa shape index (κ2) is 5.77. The molecule has 1 aromatic carbocycles. The molecule has 0 bridgehead atoms. The molecule has 0 aliphatic heterocycles. The summed E-state index contributed by atoms with van der Waals surface area (Å²) in [5.74, 6) is 1.42. The molecule has 1 fully saturated rings. The first-order valence-corrected chi connectivity index (χ1v) is 7.62. The van der Waals surface area contributed by atoms with Crippen LogP contribution in [0.3, 0.4) is 0 Å². The Morgan fingerprint density at radius 2 is 2.05 bits per heavy atom. The molecule has 1 aliphatic rings. The van der Waals surface area contributed by atoms with Gasteiger partial charge in [0.1, 0.15) is 5.75 Å². The Balaban J connectivity index is 2.10. The molecular weight excluding hydrogens is 272 g/mol. The van der Waals surface area contributed by atoms with E-state index >= 15 is 0 Å². The van der Waals surface area contributed by atoms with Crippen molar-refractivity contribution in [1.29, 1.82) is 0 Å². The highest BCUT2D eigenvalue weighted by atomic mass is 35.5. The zero-order chi connectivity index (χ0) is 14.9. The SMILES string of the molecule is CC(=O)c1ccc(OC2CC(C)CC(C)(C)C2)cc1Cl. The Morgan fingerprint density at radius 1 is 1.35 bits per heavy atom. The Kier molecular flexibility index (Phi) is 4.43. The summed E-state index contributed by atoms with van der Waals surface area (Å²) in [5, 5.41) is 0.470. The van der Waals surface area contributed by atoms with Gasteiger partial charge in [-0.15, -0.1) is 0 Å². The van der Waals surface area contributed by atoms with Gasteiger partial charge in [-0.1, -0.05) is 32.4 Å². The Hall–Kier alpha value is -1.02. The minimum atomic E-state index is -0.0195. The van der Waals surface area contributed by atoms with E-state index in [0.717, 1.165) is 18.6 Å². The van der Waals surface area contributed by atoms with Gasteiger partial charge in [0.25, 0.3) is 0 Å². The van der Waals surface area contributed by atoms with Crippen molar-refractivity contribution in [2.24, 2.45) is 11.3 Å². The molecular formula is C17H23ClO2. The smallest absolute Gasteiger partial charge is 0.161 e. The third-order valence-corrected chi connectivity index (χ3v) is 4.28. The molecule has 0 N–H and O–H groups in total. The van der Waals surface area contributed by atoms with E-state index < -0.39 is 0 Å². The normalized spacial score (nSPS) is 25.2. The number of carbonyl (C=O) groups is 1. The maximum atomic E-state index is 11.4. The Bertz CT molecular complexity index is 508. The fourth-order valence-corrected chi connectivity index (χ4v) is 3.70. The average molecular weight is 295 g/mol. The second-order valence-electron chi connectivity index (χ2n) is 6.85. The van der Waals surface area contributed by atoms with Gasteiger partial charge in [0.15, 0.2) is 5.78 Å². The number of halogens is 1. The minimum Gasteiger partial charge on any atom is -0.490 e. The van der Waals surface area contributed by atoms with Crippen molar-refractivity contribution >= 4 is 17.4 Å². The highest BCUT2D eigenvalue weighted by molar-refractivity contribution is 6.34. The molecule has 0 spiro atoms. The molecule has 1 saturated carbocycles. The maximum absolute atomic E-state index is 11.4. The van der Waals surface area contributed by atoms with E-state index in [1.165, 1.54) is 13.3 Å². The summed E-state index contributed by atoms with van der Waals surface area (Å²) >= 11 is 6.13. The van der Waals surface area contributed by atoms with Gasteiger partial charge in [-0.2, -0.15) is 0 Å². The Morgan fingerprint density at radius 3 is 2.60 bits per heavy atom. The summed E-state index contributed by atoms with van der Waals surface area (Å²) in [6.07, 6.45) is 3.61. The zero-order valence-electron chi connectivity index (χ0n) is 12.7. The number of Topliss-reactive ketones (excluding diaryl/α,β-unsaturated/α-hetero) is 1. The molecule has 0 radical (unpaired) electrons. The van der Waals surface area contributed by atoms with Crippen molar-refractivity contribution in [1.82, 2.24) is 0 Å². The lowest BCUT2D eigenvalue weighted by Crippen LogP contribution is -2.34. The summed E-state index contributed by atoms with van der Waals surface area (Å²) in [5.41, 5.74) is 0.877. The first-order valence-electron chi connectivity index (χ1n) is 7.24. The number of hydrogen-bond acceptors (Lipinski definition) is 2. The van der Waals surface area contributed by atoms with Gasteiger partial charge >= 0.3 is 0 Å². The highest BCUT2D eigenvalue weighted by Crippen LogP contribution is 2.40. The topological polar surface area (TPSA) is 26.3 Å². The number of benzene rings is 1. The molecule has 1 aromatic rings. The van der Waals surface area contributed by atoms with E-state index in [1.54, 1.807) is 12.1 Å². The lowest BCUT2D eigenvalue weighted by atomic mass is 9.71. The number of ether oxygens (including phenoxy) is 1. The standard InChI is InChI=1S/C17H23ClO2/c1-11-7-14(10-17(3,4)9-11)20-13-5-6-15(12(2)19)16(18)8-13/h5-6,8,11,14H,7,9-10H2,1-4H3. The predicted molar refractivity (Wildman–Crippen MR) is 82.7 cm³/mol. The summed E-state index contributed by atoms with van der Waals surface area (Å²) in [6.45, 7) is 8.39. The van der Waals surface area contributed by atoms with Gasteiger partial charge in [-0.3, -0.25) is 4.79 Å². The summed E-state index contributed by atoms with van der Waals surface area (Å²) in [6, 6.07) is 5.34. The summed E-state index contributed by atoms with van der Waals surface area (Å²) < 4.78 is 6.08. The number of rotatable bonds is 3. The summed E-state index contributed by atoms with van der Waals surface area (Å²) in [4.78, 5) is 11.4. The lowest BCUT2D eigenvalue weighted by Gasteiger charge is -2.38. The number of carbonyl (C=O) groups excluding carboxylic acids is 1. The molecule has 0 amide bonds. The van der Waals surface area contributed by atoms with Crippen LogP contribution in [0, 0.1) is 11.3 Å². The van der Waals surface area contributed by atoms with Crippen LogP contribution < -0.4 is 4.74 Å². The van der Waals surface area contributed by atoms with E-state index in [9.17, 15) is 4.79 Å². The van der Waals surface area contributed by atoms with E-state index in [0.29, 0.717) is 21.9 Å². The van der Waals surface area contributed by atoms with Crippen LogP contribution in [0.2, 0.25) is 5.02 Å². The zero-order valence-corrected chi connectivity index (χ0v) is 13.5. The highest BCUT2D eigenvalue weighted by Gasteiger charge is 2.33. The number of ketones is 1. The molecule has 0 aromatic heterocycles. The molecule has 0 heterocycles. The van der Waals surface area contributed by atoms with Crippen molar-refractivity contribution in [3.05, 3.63) is 28.8 Å². The van der Waals surface area contributed by atoms with Gasteiger partial charge in [0.05, 0.1) is 11.1 Å². The van der Waals surface area contributed by atoms with E-state index in [4.69, 9.17) is 16.3 Å². The minimum absolute atomic E-state index is 0.0195. The molecule has 0 saturated heterocycles. The fourth-order valence-electron chi connectivity index (χ4n) is 3.40. The molecule has 20 heavy (non-hydrogen) atoms. The molecule has 2 nitrogen and oxygen atoms in total. The van der Waals surface area contributed by atoms with Gasteiger partial charge in [-0.25, -0.2) is 0 Å². The molecule has 3 heteroatoms. The van der Waals surface area contributed by atoms with Crippen molar-refractivity contribution in [3.63, 3.8) is 0 Å². The van der Waals surface area contributed by atoms with Crippen molar-refractivity contribution < 1.29 is 9.53 Å². The second-order valence-corrected chi connectivity index (χ2v) is 7.26. The molecule has 2 atom stereocenters. The molecule has 2 rings (SSSR count). The number of hydrogen-bond donors (Lipinski definition) is 0. The van der Waals surface area contributed by atoms with E-state index in [-0.39, 0.29) is 11.9 Å². The van der Waals surface area contributed by atoms with Crippen LogP contribution in [0.25, 0.3) is 0 Å². The fraction of sp³-hybridized carbons (Fsp3) is 0.588. The molecule has 110 valence electrons. The van der Waals surface area contributed by atoms with E-state index in [2.05, 4.69) is 20.8 Å². The monoisotopic (exact) mass is 294 g/mol. The van der Waals surface area contributed by atoms with Gasteiger partial charge in [-0.05, 0) is 55.7 Å². The van der Waals surface area contributed by atoms with Crippen molar-refractivity contribution in [2.75, 3.05) is 0 Å². The van der Waals surface area contributed by atoms with Crippen LogP contribution in [-0.4, -0.2) is 11.9 Å². The molecule has 1 aliphatic carbocycles. The largest absolute Gasteiger partial charge is 0.490 e. The van der Waals surface area contributed by atoms with Crippen LogP contribution in [0.1, 0.15) is 57.3 Å². The van der Waals surface area contributed by atoms with Gasteiger partial charge < -0.3 is 4.74 Å². The van der Waals surface area contributed by atoms with Gasteiger partial charge in [0.2, 0.25) is 0 Å². The van der Waals surface area contributed by atoms with Crippen molar-refractivity contribution in [2.45, 2.75) is 53.1 Å². The quantitative estimate of drug-likeness (QED) is 0.722. The lowest BCUT2D eigenvalue weighted by molar-refractivity contribution is 0.0563. The summed E-state index contributed by atoms with van der Waals surface area (Å²) in [7, 11) is 0. The first-order chi connectivity index (χ1) is 9.27.